The lowest BCUT2D eigenvalue weighted by atomic mass is 10.3. The third kappa shape index (κ3) is 7.40. The molecule has 0 aliphatic heterocycles. The molecule has 0 aliphatic carbocycles. The van der Waals surface area contributed by atoms with Crippen molar-refractivity contribution in [2.45, 2.75) is 13.0 Å². The molecule has 1 amide bonds. The van der Waals surface area contributed by atoms with Crippen LogP contribution in [0, 0.1) is 0 Å². The summed E-state index contributed by atoms with van der Waals surface area (Å²) in [6, 6.07) is -0.486. The van der Waals surface area contributed by atoms with Gasteiger partial charge < -0.3 is 20.8 Å². The second-order valence-corrected chi connectivity index (χ2v) is 3.23. The lowest BCUT2D eigenvalue weighted by Crippen LogP contribution is -2.42. The van der Waals surface area contributed by atoms with Gasteiger partial charge in [-0.2, -0.15) is 0 Å². The monoisotopic (exact) mass is 241 g/mol. The molecule has 0 heterocycles. The zero-order valence-electron chi connectivity index (χ0n) is 9.89. The van der Waals surface area contributed by atoms with Gasteiger partial charge in [-0.1, -0.05) is 6.08 Å². The Morgan fingerprint density at radius 3 is 2.59 bits per heavy atom. The molecule has 0 radical (unpaired) electrons. The van der Waals surface area contributed by atoms with E-state index in [0.29, 0.717) is 5.70 Å². The van der Waals surface area contributed by atoms with Crippen molar-refractivity contribution >= 4 is 12.6 Å². The van der Waals surface area contributed by atoms with Gasteiger partial charge >= 0.3 is 0 Å². The van der Waals surface area contributed by atoms with Crippen molar-refractivity contribution in [3.05, 3.63) is 24.0 Å². The van der Waals surface area contributed by atoms with Crippen LogP contribution in [0.15, 0.2) is 29.0 Å². The van der Waals surface area contributed by atoms with Crippen molar-refractivity contribution in [1.82, 2.24) is 10.6 Å². The number of aliphatic hydroxyl groups is 2. The topological polar surface area (TPSA) is 94.0 Å². The highest BCUT2D eigenvalue weighted by atomic mass is 16.3. The number of nitrogens with one attached hydrogen (secondary N) is 2. The van der Waals surface area contributed by atoms with E-state index in [9.17, 15) is 4.79 Å². The predicted molar refractivity (Wildman–Crippen MR) is 66.6 cm³/mol. The number of amides is 1. The zero-order valence-corrected chi connectivity index (χ0v) is 9.89. The number of nitrogens with zero attached hydrogens (tertiary/aromatic N) is 1. The molecule has 0 bridgehead atoms. The molecule has 4 N–H and O–H groups in total. The van der Waals surface area contributed by atoms with Gasteiger partial charge in [0.25, 0.3) is 0 Å². The second kappa shape index (κ2) is 9.71. The van der Waals surface area contributed by atoms with Crippen LogP contribution in [-0.4, -0.2) is 48.6 Å². The average Bonchev–Trinajstić information content (AvgIpc) is 2.35. The summed E-state index contributed by atoms with van der Waals surface area (Å²) in [6.07, 6.45) is 4.79. The fraction of sp³-hybridized carbons (Fsp3) is 0.455. The quantitative estimate of drug-likeness (QED) is 0.329. The lowest BCUT2D eigenvalue weighted by Gasteiger charge is -2.13. The maximum absolute atomic E-state index is 11.5. The smallest absolute Gasteiger partial charge is 0.238 e. The van der Waals surface area contributed by atoms with Gasteiger partial charge in [-0.15, -0.1) is 0 Å². The van der Waals surface area contributed by atoms with E-state index in [2.05, 4.69) is 22.3 Å². The minimum absolute atomic E-state index is 0.0124. The summed E-state index contributed by atoms with van der Waals surface area (Å²) in [6.45, 7) is 4.63. The summed E-state index contributed by atoms with van der Waals surface area (Å²) in [5, 5.41) is 22.9. The van der Waals surface area contributed by atoms with E-state index >= 15 is 0 Å². The SMILES string of the molecule is C=N/C=C\C(=C/C)NC(=O)CNC(CO)CO. The molecule has 0 aliphatic rings. The van der Waals surface area contributed by atoms with Gasteiger partial charge in [0.1, 0.15) is 0 Å². The molecule has 0 unspecified atom stereocenters. The van der Waals surface area contributed by atoms with Crippen LogP contribution in [0.25, 0.3) is 0 Å². The molecular formula is C11H19N3O3. The number of hydrogen-bond acceptors (Lipinski definition) is 5. The third-order valence-electron chi connectivity index (χ3n) is 1.95. The molecule has 0 spiro atoms. The van der Waals surface area contributed by atoms with Crippen molar-refractivity contribution in [3.63, 3.8) is 0 Å². The number of allylic oxidation sites excluding steroid dienone is 2. The Kier molecular flexibility index (Phi) is 8.85. The van der Waals surface area contributed by atoms with Gasteiger partial charge in [0.2, 0.25) is 5.91 Å². The second-order valence-electron chi connectivity index (χ2n) is 3.23. The van der Waals surface area contributed by atoms with Crippen molar-refractivity contribution in [1.29, 1.82) is 0 Å². The highest BCUT2D eigenvalue weighted by Gasteiger charge is 2.07. The highest BCUT2D eigenvalue weighted by Crippen LogP contribution is 1.91. The molecule has 6 nitrogen and oxygen atoms in total. The number of carbonyl (C=O) groups is 1. The van der Waals surface area contributed by atoms with Gasteiger partial charge in [-0.05, 0) is 19.7 Å². The summed E-state index contributed by atoms with van der Waals surface area (Å²) in [7, 11) is 0. The van der Waals surface area contributed by atoms with E-state index < -0.39 is 6.04 Å². The van der Waals surface area contributed by atoms with Crippen LogP contribution in [0.4, 0.5) is 0 Å². The minimum Gasteiger partial charge on any atom is -0.395 e. The molecule has 0 saturated heterocycles. The molecular weight excluding hydrogens is 222 g/mol. The Morgan fingerprint density at radius 2 is 2.12 bits per heavy atom. The van der Waals surface area contributed by atoms with Gasteiger partial charge in [-0.3, -0.25) is 9.79 Å². The first-order valence-electron chi connectivity index (χ1n) is 5.21. The van der Waals surface area contributed by atoms with Crippen molar-refractivity contribution in [2.24, 2.45) is 4.99 Å². The summed E-state index contributed by atoms with van der Waals surface area (Å²) in [5.74, 6) is -0.265. The number of aliphatic imine (C=N–C) groups is 1. The minimum atomic E-state index is -0.486. The molecule has 17 heavy (non-hydrogen) atoms. The Morgan fingerprint density at radius 1 is 1.47 bits per heavy atom. The normalized spacial score (nSPS) is 12.1. The Balaban J connectivity index is 4.08. The van der Waals surface area contributed by atoms with Gasteiger partial charge in [0, 0.05) is 11.9 Å². The van der Waals surface area contributed by atoms with Crippen LogP contribution in [-0.2, 0) is 4.79 Å². The molecule has 0 aromatic heterocycles. The Hall–Kier alpha value is -1.50. The van der Waals surface area contributed by atoms with Crippen LogP contribution in [0.2, 0.25) is 0 Å². The number of aliphatic hydroxyl groups excluding tert-OH is 2. The fourth-order valence-corrected chi connectivity index (χ4v) is 0.972. The molecule has 6 heteroatoms. The molecule has 0 rings (SSSR count). The zero-order chi connectivity index (χ0) is 13.1. The predicted octanol–water partition coefficient (Wildman–Crippen LogP) is -0.836. The Labute approximate surface area is 101 Å². The standard InChI is InChI=1S/C11H19N3O3/c1-3-9(4-5-12-2)14-11(17)6-13-10(7-15)8-16/h3-5,10,13,15-16H,2,6-8H2,1H3,(H,14,17)/b5-4-,9-3+. The lowest BCUT2D eigenvalue weighted by molar-refractivity contribution is -0.119. The molecule has 0 atom stereocenters. The Bertz CT molecular complexity index is 296. The van der Waals surface area contributed by atoms with E-state index in [1.165, 1.54) is 6.20 Å². The first-order valence-corrected chi connectivity index (χ1v) is 5.21. The van der Waals surface area contributed by atoms with E-state index in [0.717, 1.165) is 0 Å². The first-order chi connectivity index (χ1) is 8.17. The summed E-state index contributed by atoms with van der Waals surface area (Å²) < 4.78 is 0. The van der Waals surface area contributed by atoms with E-state index in [4.69, 9.17) is 10.2 Å². The summed E-state index contributed by atoms with van der Waals surface area (Å²) in [4.78, 5) is 15.0. The largest absolute Gasteiger partial charge is 0.395 e. The van der Waals surface area contributed by atoms with E-state index in [1.54, 1.807) is 19.1 Å². The van der Waals surface area contributed by atoms with Gasteiger partial charge in [0.15, 0.2) is 0 Å². The highest BCUT2D eigenvalue weighted by molar-refractivity contribution is 5.80. The van der Waals surface area contributed by atoms with Crippen LogP contribution in [0.3, 0.4) is 0 Å². The fourth-order valence-electron chi connectivity index (χ4n) is 0.972. The molecule has 0 saturated carbocycles. The summed E-state index contributed by atoms with van der Waals surface area (Å²) >= 11 is 0. The number of rotatable bonds is 8. The van der Waals surface area contributed by atoms with Gasteiger partial charge in [-0.25, -0.2) is 0 Å². The average molecular weight is 241 g/mol. The van der Waals surface area contributed by atoms with Crippen molar-refractivity contribution < 1.29 is 15.0 Å². The molecule has 0 aromatic rings. The number of hydrogen-bond donors (Lipinski definition) is 4. The molecule has 96 valence electrons. The number of carbonyl (C=O) groups excluding carboxylic acids is 1. The third-order valence-corrected chi connectivity index (χ3v) is 1.95. The van der Waals surface area contributed by atoms with Crippen molar-refractivity contribution in [3.8, 4) is 0 Å². The van der Waals surface area contributed by atoms with E-state index in [1.807, 2.05) is 0 Å². The van der Waals surface area contributed by atoms with Crippen LogP contribution in [0.1, 0.15) is 6.92 Å². The van der Waals surface area contributed by atoms with Crippen LogP contribution >= 0.6 is 0 Å². The van der Waals surface area contributed by atoms with Crippen LogP contribution < -0.4 is 10.6 Å². The maximum atomic E-state index is 11.5. The first kappa shape index (κ1) is 15.5. The molecule has 0 aromatic carbocycles. The molecule has 0 fully saturated rings. The van der Waals surface area contributed by atoms with Gasteiger partial charge in [0.05, 0.1) is 25.8 Å². The maximum Gasteiger partial charge on any atom is 0.238 e. The summed E-state index contributed by atoms with van der Waals surface area (Å²) in [5.41, 5.74) is 0.605. The van der Waals surface area contributed by atoms with Crippen LogP contribution in [0.5, 0.6) is 0 Å². The van der Waals surface area contributed by atoms with E-state index in [-0.39, 0.29) is 25.7 Å². The van der Waals surface area contributed by atoms with Crippen molar-refractivity contribution in [2.75, 3.05) is 19.8 Å².